The Morgan fingerprint density at radius 3 is 0.757 bits per heavy atom. The molecule has 0 radical (unpaired) electrons. The van der Waals surface area contributed by atoms with E-state index in [1.165, 1.54) is 173 Å². The zero-order valence-electron chi connectivity index (χ0n) is 48.8. The van der Waals surface area contributed by atoms with E-state index >= 15 is 0 Å². The van der Waals surface area contributed by atoms with Crippen molar-refractivity contribution in [2.24, 2.45) is 0 Å². The molecule has 0 aliphatic rings. The van der Waals surface area contributed by atoms with E-state index in [1.807, 2.05) is 0 Å². The van der Waals surface area contributed by atoms with Crippen molar-refractivity contribution in [2.45, 2.75) is 290 Å². The molecule has 12 heteroatoms. The molecule has 0 rings (SSSR count). The summed E-state index contributed by atoms with van der Waals surface area (Å²) >= 11 is 0. The summed E-state index contributed by atoms with van der Waals surface area (Å²) in [6.45, 7) is 9.43. The number of hydrogen-bond acceptors (Lipinski definition) is 10. The van der Waals surface area contributed by atoms with Gasteiger partial charge in [0.05, 0.1) is 14.2 Å². The molecule has 0 aromatic heterocycles. The predicted molar refractivity (Wildman–Crippen MR) is 309 cm³/mol. The molecule has 0 saturated heterocycles. The molecule has 0 saturated carbocycles. The van der Waals surface area contributed by atoms with Crippen molar-refractivity contribution in [3.63, 3.8) is 0 Å². The van der Waals surface area contributed by atoms with Gasteiger partial charge in [-0.05, 0) is 96.3 Å². The maximum absolute atomic E-state index is 12.6. The molecule has 0 spiro atoms. The molecule has 0 fully saturated rings. The lowest BCUT2D eigenvalue weighted by atomic mass is 10.1. The third-order valence-corrected chi connectivity index (χ3v) is 14.2. The molecule has 0 aliphatic heterocycles. The van der Waals surface area contributed by atoms with Crippen molar-refractivity contribution in [2.75, 3.05) is 53.6 Å². The Hall–Kier alpha value is -2.54. The Bertz CT molecular complexity index is 1290. The zero-order chi connectivity index (χ0) is 54.7. The van der Waals surface area contributed by atoms with E-state index < -0.39 is 10.4 Å². The lowest BCUT2D eigenvalue weighted by Crippen LogP contribution is -2.51. The first-order chi connectivity index (χ1) is 35.9. The highest BCUT2D eigenvalue weighted by atomic mass is 32.3. The van der Waals surface area contributed by atoms with Crippen LogP contribution in [0, 0.1) is 0 Å². The molecular weight excluding hydrogens is 951 g/mol. The lowest BCUT2D eigenvalue weighted by Gasteiger charge is -2.34. The molecule has 11 nitrogen and oxygen atoms in total. The van der Waals surface area contributed by atoms with Crippen LogP contribution in [0.15, 0.2) is 36.5 Å². The van der Waals surface area contributed by atoms with Crippen LogP contribution in [-0.2, 0) is 43.2 Å². The summed E-state index contributed by atoms with van der Waals surface area (Å²) in [4.78, 5) is 37.9. The first-order valence-corrected chi connectivity index (χ1v) is 32.0. The van der Waals surface area contributed by atoms with Gasteiger partial charge in [0.1, 0.15) is 39.5 Å². The average Bonchev–Trinajstić information content (AvgIpc) is 3.37. The van der Waals surface area contributed by atoms with E-state index in [4.69, 9.17) is 14.2 Å². The van der Waals surface area contributed by atoms with Crippen LogP contribution in [0.2, 0.25) is 0 Å². The second kappa shape index (κ2) is 58.1. The first-order valence-electron chi connectivity index (χ1n) is 30.7. The quantitative estimate of drug-likeness (QED) is 0.0110. The van der Waals surface area contributed by atoms with Crippen LogP contribution in [0.1, 0.15) is 290 Å². The number of nitrogens with zero attached hydrogens (tertiary/aromatic N) is 1. The van der Waals surface area contributed by atoms with E-state index in [0.717, 1.165) is 84.2 Å². The van der Waals surface area contributed by atoms with Gasteiger partial charge in [0, 0.05) is 19.3 Å². The molecule has 436 valence electrons. The third-order valence-electron chi connectivity index (χ3n) is 13.8. The smallest absolute Gasteiger partial charge is 0.305 e. The fourth-order valence-corrected chi connectivity index (χ4v) is 8.71. The summed E-state index contributed by atoms with van der Waals surface area (Å²) in [7, 11) is -1.53. The fraction of sp³-hybridized carbons (Fsp3) is 0.855. The second-order valence-corrected chi connectivity index (χ2v) is 22.2. The summed E-state index contributed by atoms with van der Waals surface area (Å²) in [5, 5.41) is 0. The number of carbonyl (C=O) groups is 3. The molecule has 0 aromatic carbocycles. The van der Waals surface area contributed by atoms with Gasteiger partial charge < -0.3 is 23.2 Å². The van der Waals surface area contributed by atoms with Crippen LogP contribution in [0.25, 0.3) is 0 Å². The Kier molecular flexibility index (Phi) is 57.8. The van der Waals surface area contributed by atoms with Gasteiger partial charge in [0.25, 0.3) is 0 Å². The van der Waals surface area contributed by atoms with E-state index in [0.29, 0.717) is 63.2 Å². The zero-order valence-corrected chi connectivity index (χ0v) is 49.7. The number of allylic oxidation sites excluding steroid dienone is 6. The van der Waals surface area contributed by atoms with Crippen molar-refractivity contribution in [3.8, 4) is 0 Å². The van der Waals surface area contributed by atoms with Gasteiger partial charge in [0.2, 0.25) is 10.4 Å². The van der Waals surface area contributed by atoms with E-state index in [1.54, 1.807) is 0 Å². The number of rotatable bonds is 55. The van der Waals surface area contributed by atoms with Gasteiger partial charge >= 0.3 is 17.9 Å². The Morgan fingerprint density at radius 1 is 0.365 bits per heavy atom. The maximum atomic E-state index is 12.6. The monoisotopic (exact) mass is 1070 g/mol. The van der Waals surface area contributed by atoms with Crippen LogP contribution >= 0.6 is 0 Å². The largest absolute Gasteiger partial charge is 0.726 e. The first kappa shape index (κ1) is 73.5. The number of carbonyl (C=O) groups excluding carboxylic acids is 3. The Balaban J connectivity index is 0. The third kappa shape index (κ3) is 62.0. The Labute approximate surface area is 457 Å². The van der Waals surface area contributed by atoms with Crippen LogP contribution in [-0.4, -0.2) is 89.0 Å². The second-order valence-electron chi connectivity index (χ2n) is 21.0. The van der Waals surface area contributed by atoms with Crippen molar-refractivity contribution in [3.05, 3.63) is 36.5 Å². The molecular formula is C62H117NO10S. The van der Waals surface area contributed by atoms with Crippen molar-refractivity contribution >= 4 is 28.3 Å². The summed E-state index contributed by atoms with van der Waals surface area (Å²) in [5.41, 5.74) is 0. The van der Waals surface area contributed by atoms with Crippen LogP contribution in [0.5, 0.6) is 0 Å². The fourth-order valence-electron chi connectivity index (χ4n) is 8.71. The Morgan fingerprint density at radius 2 is 0.554 bits per heavy atom. The van der Waals surface area contributed by atoms with Crippen molar-refractivity contribution in [1.29, 1.82) is 0 Å². The summed E-state index contributed by atoms with van der Waals surface area (Å²) in [6, 6.07) is 0. The van der Waals surface area contributed by atoms with Gasteiger partial charge in [-0.25, -0.2) is 8.42 Å². The van der Waals surface area contributed by atoms with Gasteiger partial charge in [-0.1, -0.05) is 211 Å². The van der Waals surface area contributed by atoms with Gasteiger partial charge in [-0.15, -0.1) is 0 Å². The number of quaternary nitrogens is 1. The van der Waals surface area contributed by atoms with Crippen molar-refractivity contribution in [1.82, 2.24) is 0 Å². The van der Waals surface area contributed by atoms with Crippen molar-refractivity contribution < 1.29 is 50.2 Å². The molecule has 0 atom stereocenters. The van der Waals surface area contributed by atoms with Gasteiger partial charge in [-0.3, -0.25) is 18.6 Å². The highest BCUT2D eigenvalue weighted by Gasteiger charge is 2.24. The van der Waals surface area contributed by atoms with Crippen LogP contribution in [0.3, 0.4) is 0 Å². The predicted octanol–water partition coefficient (Wildman–Crippen LogP) is 17.3. The molecule has 0 N–H and O–H groups in total. The molecule has 0 unspecified atom stereocenters. The topological polar surface area (TPSA) is 145 Å². The minimum absolute atomic E-state index is 0.146. The van der Waals surface area contributed by atoms with E-state index in [-0.39, 0.29) is 17.9 Å². The minimum Gasteiger partial charge on any atom is -0.726 e. The standard InChI is InChI=1S/C61H114NO6.CH4O4S/c1-5-8-11-14-17-20-23-26-29-32-35-38-41-44-47-50-59(63)66-56-53-62(4,54-57-67-60(64)51-48-45-42-39-36-33-30-27-24-21-18-15-12-9-6-2)55-58-68-61(65)52-49-46-43-40-37-34-31-28-25-22-19-16-13-10-7-3;1-5-6(2,3)4/h26-31H,5-25,32-58H2,1-4H3;1H3,(H,2,3,4)/q+1;/p-1/b29-26-,30-27-,31-28-;. The summed E-state index contributed by atoms with van der Waals surface area (Å²) in [6.07, 6.45) is 63.4. The van der Waals surface area contributed by atoms with Crippen LogP contribution < -0.4 is 0 Å². The summed E-state index contributed by atoms with van der Waals surface area (Å²) < 4.78 is 48.6. The normalized spacial score (nSPS) is 12.0. The lowest BCUT2D eigenvalue weighted by molar-refractivity contribution is -0.910. The molecule has 0 heterocycles. The SMILES string of the molecule is CCCCCCCC/C=C\CCCCCCCC(=O)OCC[N+](C)(CCOC(=O)CCCCCCC/C=C\CCCCCCCC)CCOC(=O)CCCCCCC/C=C\CCCCCCCC.COS(=O)(=O)[O-]. The molecule has 0 amide bonds. The average molecular weight is 1070 g/mol. The van der Waals surface area contributed by atoms with E-state index in [9.17, 15) is 27.4 Å². The molecule has 74 heavy (non-hydrogen) atoms. The van der Waals surface area contributed by atoms with Crippen LogP contribution in [0.4, 0.5) is 0 Å². The maximum Gasteiger partial charge on any atom is 0.305 e. The highest BCUT2D eigenvalue weighted by Crippen LogP contribution is 2.15. The van der Waals surface area contributed by atoms with Gasteiger partial charge in [-0.2, -0.15) is 0 Å². The molecule has 0 bridgehead atoms. The minimum atomic E-state index is -4.41. The number of unbranched alkanes of at least 4 members (excludes halogenated alkanes) is 33. The van der Waals surface area contributed by atoms with E-state index in [2.05, 4.69) is 68.5 Å². The molecule has 0 aromatic rings. The molecule has 0 aliphatic carbocycles. The summed E-state index contributed by atoms with van der Waals surface area (Å²) in [5.74, 6) is -0.439. The number of hydrogen-bond donors (Lipinski definition) is 0. The number of ether oxygens (including phenoxy) is 3. The number of esters is 3. The number of likely N-dealkylation sites (N-methyl/N-ethyl adjacent to an activating group) is 1. The highest BCUT2D eigenvalue weighted by molar-refractivity contribution is 7.80. The van der Waals surface area contributed by atoms with Gasteiger partial charge in [0.15, 0.2) is 0 Å².